The summed E-state index contributed by atoms with van der Waals surface area (Å²) in [5.41, 5.74) is 1.36. The lowest BCUT2D eigenvalue weighted by molar-refractivity contribution is -0.389. The van der Waals surface area contributed by atoms with Crippen molar-refractivity contribution in [2.45, 2.75) is 50.4 Å². The topological polar surface area (TPSA) is 66.9 Å². The molecule has 2 saturated heterocycles. The second kappa shape index (κ2) is 6.86. The summed E-state index contributed by atoms with van der Waals surface area (Å²) in [6.07, 6.45) is 6.21. The zero-order valence-electron chi connectivity index (χ0n) is 15.8. The number of rotatable bonds is 5. The Balaban J connectivity index is 1.37. The Kier molecular flexibility index (Phi) is 4.32. The molecule has 3 aromatic rings. The van der Waals surface area contributed by atoms with Crippen LogP contribution in [-0.4, -0.2) is 44.4 Å². The molecule has 0 amide bonds. The smallest absolute Gasteiger partial charge is 0.358 e. The Morgan fingerprint density at radius 1 is 1.25 bits per heavy atom. The normalized spacial score (nSPS) is 24.7. The number of aromatic nitrogens is 2. The minimum Gasteiger partial charge on any atom is -0.358 e. The third kappa shape index (κ3) is 2.87. The molecule has 0 spiro atoms. The number of nitrogens with zero attached hydrogens (tertiary/aromatic N) is 5. The number of hydrogen-bond donors (Lipinski definition) is 0. The summed E-state index contributed by atoms with van der Waals surface area (Å²) in [4.78, 5) is 21.3. The number of nitro groups is 1. The molecule has 0 aliphatic carbocycles. The van der Waals surface area contributed by atoms with Gasteiger partial charge in [0, 0.05) is 37.1 Å². The van der Waals surface area contributed by atoms with Crippen molar-refractivity contribution in [3.63, 3.8) is 0 Å². The molecule has 2 aliphatic heterocycles. The van der Waals surface area contributed by atoms with E-state index in [0.29, 0.717) is 22.9 Å². The van der Waals surface area contributed by atoms with E-state index in [-0.39, 0.29) is 16.8 Å². The molecule has 0 radical (unpaired) electrons. The Labute approximate surface area is 167 Å². The molecule has 2 bridgehead atoms. The van der Waals surface area contributed by atoms with Crippen molar-refractivity contribution in [2.24, 2.45) is 0 Å². The van der Waals surface area contributed by atoms with Crippen molar-refractivity contribution < 1.29 is 4.92 Å². The molecule has 2 aromatic heterocycles. The molecule has 8 heteroatoms. The van der Waals surface area contributed by atoms with Gasteiger partial charge in [0.25, 0.3) is 4.96 Å². The summed E-state index contributed by atoms with van der Waals surface area (Å²) in [6.45, 7) is 0.993. The average Bonchev–Trinajstić information content (AvgIpc) is 3.33. The zero-order chi connectivity index (χ0) is 19.3. The lowest BCUT2D eigenvalue weighted by Gasteiger charge is -2.42. The van der Waals surface area contributed by atoms with E-state index in [1.807, 2.05) is 12.4 Å². The predicted octanol–water partition coefficient (Wildman–Crippen LogP) is 3.94. The maximum Gasteiger partial charge on any atom is 0.373 e. The fourth-order valence-electron chi connectivity index (χ4n) is 4.96. The summed E-state index contributed by atoms with van der Waals surface area (Å²) >= 11 is 1.43. The number of thiazole rings is 1. The van der Waals surface area contributed by atoms with Crippen molar-refractivity contribution >= 4 is 27.9 Å². The average molecular weight is 398 g/mol. The van der Waals surface area contributed by atoms with E-state index >= 15 is 0 Å². The maximum atomic E-state index is 11.7. The number of imidazole rings is 1. The van der Waals surface area contributed by atoms with Gasteiger partial charge in [0.1, 0.15) is 6.20 Å². The molecule has 5 rings (SSSR count). The van der Waals surface area contributed by atoms with Gasteiger partial charge in [-0.05, 0) is 36.2 Å². The highest BCUT2D eigenvalue weighted by Crippen LogP contribution is 2.41. The highest BCUT2D eigenvalue weighted by molar-refractivity contribution is 7.15. The Bertz CT molecular complexity index is 987. The first-order chi connectivity index (χ1) is 13.6. The van der Waals surface area contributed by atoms with E-state index in [1.165, 1.54) is 29.7 Å². The van der Waals surface area contributed by atoms with Crippen LogP contribution in [0.3, 0.4) is 0 Å². The predicted molar refractivity (Wildman–Crippen MR) is 110 cm³/mol. The van der Waals surface area contributed by atoms with Gasteiger partial charge >= 0.3 is 5.82 Å². The van der Waals surface area contributed by atoms with Gasteiger partial charge in [-0.15, -0.1) is 0 Å². The van der Waals surface area contributed by atoms with Crippen molar-refractivity contribution in [2.75, 3.05) is 11.9 Å². The summed E-state index contributed by atoms with van der Waals surface area (Å²) in [7, 11) is 1.97. The molecule has 7 nitrogen and oxygen atoms in total. The molecule has 2 aliphatic rings. The second-order valence-corrected chi connectivity index (χ2v) is 8.72. The highest BCUT2D eigenvalue weighted by Gasteiger charge is 2.43. The molecular weight excluding hydrogens is 374 g/mol. The number of anilines is 1. The first kappa shape index (κ1) is 17.6. The monoisotopic (exact) mass is 397 g/mol. The van der Waals surface area contributed by atoms with Crippen LogP contribution in [0, 0.1) is 10.1 Å². The molecule has 4 heterocycles. The van der Waals surface area contributed by atoms with Gasteiger partial charge in [-0.3, -0.25) is 4.90 Å². The zero-order valence-corrected chi connectivity index (χ0v) is 16.6. The van der Waals surface area contributed by atoms with Crippen molar-refractivity contribution in [1.82, 2.24) is 14.3 Å². The first-order valence-corrected chi connectivity index (χ1v) is 10.6. The van der Waals surface area contributed by atoms with E-state index in [9.17, 15) is 10.1 Å². The quantitative estimate of drug-likeness (QED) is 0.482. The summed E-state index contributed by atoms with van der Waals surface area (Å²) in [6, 6.07) is 12.0. The van der Waals surface area contributed by atoms with Crippen LogP contribution in [0.25, 0.3) is 4.96 Å². The molecule has 146 valence electrons. The van der Waals surface area contributed by atoms with E-state index in [2.05, 4.69) is 45.1 Å². The van der Waals surface area contributed by atoms with Crippen LogP contribution < -0.4 is 4.90 Å². The van der Waals surface area contributed by atoms with Crippen LogP contribution in [-0.2, 0) is 6.54 Å². The number of fused-ring (bicyclic) bond motifs is 3. The van der Waals surface area contributed by atoms with Crippen LogP contribution in [0.4, 0.5) is 11.6 Å². The van der Waals surface area contributed by atoms with Gasteiger partial charge in [0.05, 0.1) is 0 Å². The third-order valence-electron chi connectivity index (χ3n) is 6.34. The Morgan fingerprint density at radius 2 is 1.96 bits per heavy atom. The molecule has 2 fully saturated rings. The van der Waals surface area contributed by atoms with E-state index < -0.39 is 0 Å². The summed E-state index contributed by atoms with van der Waals surface area (Å²) < 4.78 is 1.59. The minimum absolute atomic E-state index is 0.0813. The van der Waals surface area contributed by atoms with E-state index in [1.54, 1.807) is 10.6 Å². The molecule has 0 saturated carbocycles. The van der Waals surface area contributed by atoms with Crippen LogP contribution in [0.5, 0.6) is 0 Å². The molecule has 28 heavy (non-hydrogen) atoms. The Hall–Kier alpha value is -2.45. The van der Waals surface area contributed by atoms with Crippen LogP contribution in [0.2, 0.25) is 0 Å². The van der Waals surface area contributed by atoms with Crippen molar-refractivity contribution in [1.29, 1.82) is 0 Å². The van der Waals surface area contributed by atoms with E-state index in [0.717, 1.165) is 19.4 Å². The SMILES string of the molecule is CN(c1nc2sccn2c1[N+](=O)[O-])C1CC2CCC(C1)N2Cc1ccccc1. The van der Waals surface area contributed by atoms with Crippen molar-refractivity contribution in [3.05, 3.63) is 57.6 Å². The van der Waals surface area contributed by atoms with Gasteiger partial charge < -0.3 is 15.0 Å². The van der Waals surface area contributed by atoms with Gasteiger partial charge in [-0.25, -0.2) is 0 Å². The standard InChI is InChI=1S/C20H23N5O2S/c1-22(18-19(25(26)27)23-9-10-28-20(23)21-18)17-11-15-7-8-16(12-17)24(15)13-14-5-3-2-4-6-14/h2-6,9-10,15-17H,7-8,11-13H2,1H3. The van der Waals surface area contributed by atoms with Crippen LogP contribution in [0.1, 0.15) is 31.2 Å². The van der Waals surface area contributed by atoms with Gasteiger partial charge in [-0.2, -0.15) is 9.38 Å². The minimum atomic E-state index is -0.308. The first-order valence-electron chi connectivity index (χ1n) is 9.74. The number of hydrogen-bond acceptors (Lipinski definition) is 6. The molecule has 1 aromatic carbocycles. The maximum absolute atomic E-state index is 11.7. The summed E-state index contributed by atoms with van der Waals surface area (Å²) in [5.74, 6) is 0.579. The molecule has 2 atom stereocenters. The largest absolute Gasteiger partial charge is 0.373 e. The lowest BCUT2D eigenvalue weighted by atomic mass is 9.95. The second-order valence-electron chi connectivity index (χ2n) is 7.85. The highest BCUT2D eigenvalue weighted by atomic mass is 32.1. The molecular formula is C20H23N5O2S. The summed E-state index contributed by atoms with van der Waals surface area (Å²) in [5, 5.41) is 13.5. The fraction of sp³-hybridized carbons (Fsp3) is 0.450. The number of piperidine rings is 1. The van der Waals surface area contributed by atoms with Gasteiger partial charge in [0.2, 0.25) is 5.82 Å². The lowest BCUT2D eigenvalue weighted by Crippen LogP contribution is -2.49. The Morgan fingerprint density at radius 3 is 2.64 bits per heavy atom. The fourth-order valence-corrected chi connectivity index (χ4v) is 5.66. The van der Waals surface area contributed by atoms with E-state index in [4.69, 9.17) is 0 Å². The molecule has 0 N–H and O–H groups in total. The van der Waals surface area contributed by atoms with Gasteiger partial charge in [0.15, 0.2) is 0 Å². The van der Waals surface area contributed by atoms with Crippen LogP contribution in [0.15, 0.2) is 41.9 Å². The van der Waals surface area contributed by atoms with Crippen molar-refractivity contribution in [3.8, 4) is 0 Å². The molecule has 2 unspecified atom stereocenters. The van der Waals surface area contributed by atoms with Crippen LogP contribution >= 0.6 is 11.3 Å². The number of benzene rings is 1. The third-order valence-corrected chi connectivity index (χ3v) is 7.10. The van der Waals surface area contributed by atoms with Gasteiger partial charge in [-0.1, -0.05) is 41.7 Å².